The van der Waals surface area contributed by atoms with Gasteiger partial charge in [-0.25, -0.2) is 4.79 Å². The maximum Gasteiger partial charge on any atom is 0.341 e. The molecule has 1 rings (SSSR count). The highest BCUT2D eigenvalue weighted by Crippen LogP contribution is 2.31. The zero-order valence-electron chi connectivity index (χ0n) is 8.76. The molecule has 0 aliphatic heterocycles. The van der Waals surface area contributed by atoms with Crippen LogP contribution in [-0.2, 0) is 4.74 Å². The Labute approximate surface area is 96.2 Å². The van der Waals surface area contributed by atoms with Gasteiger partial charge in [0.2, 0.25) is 0 Å². The Morgan fingerprint density at radius 2 is 2.38 bits per heavy atom. The molecule has 0 aliphatic carbocycles. The van der Waals surface area contributed by atoms with E-state index in [1.807, 2.05) is 6.92 Å². The van der Waals surface area contributed by atoms with Gasteiger partial charge in [0.05, 0.1) is 11.5 Å². The summed E-state index contributed by atoms with van der Waals surface area (Å²) in [6.07, 6.45) is 1.67. The van der Waals surface area contributed by atoms with Crippen LogP contribution in [0.4, 0.5) is 10.0 Å². The molecule has 0 atom stereocenters. The van der Waals surface area contributed by atoms with E-state index >= 15 is 0 Å². The zero-order chi connectivity index (χ0) is 12.1. The van der Waals surface area contributed by atoms with Gasteiger partial charge in [-0.15, -0.1) is 0 Å². The highest BCUT2D eigenvalue weighted by atomic mass is 32.1. The lowest BCUT2D eigenvalue weighted by atomic mass is 10.3. The summed E-state index contributed by atoms with van der Waals surface area (Å²) in [6.45, 7) is 2.27. The smallest absolute Gasteiger partial charge is 0.341 e. The number of nitrogens with two attached hydrogens (primary N) is 1. The van der Waals surface area contributed by atoms with Gasteiger partial charge in [0, 0.05) is 6.07 Å². The normalized spacial score (nSPS) is 10.1. The fraction of sp³-hybridized carbons (Fsp3) is 0.444. The first kappa shape index (κ1) is 12.4. The molecule has 0 bridgehead atoms. The van der Waals surface area contributed by atoms with E-state index in [9.17, 15) is 14.9 Å². The molecule has 7 heteroatoms. The first-order chi connectivity index (χ1) is 7.56. The van der Waals surface area contributed by atoms with Crippen LogP contribution >= 0.6 is 11.3 Å². The summed E-state index contributed by atoms with van der Waals surface area (Å²) in [5, 5.41) is 10.4. The first-order valence-corrected chi connectivity index (χ1v) is 5.58. The van der Waals surface area contributed by atoms with Crippen molar-refractivity contribution in [2.45, 2.75) is 19.8 Å². The highest BCUT2D eigenvalue weighted by Gasteiger charge is 2.20. The molecule has 0 unspecified atom stereocenters. The number of anilines is 1. The minimum Gasteiger partial charge on any atom is -0.462 e. The Kier molecular flexibility index (Phi) is 4.24. The van der Waals surface area contributed by atoms with Crippen LogP contribution in [0.3, 0.4) is 0 Å². The van der Waals surface area contributed by atoms with Crippen LogP contribution in [-0.4, -0.2) is 17.5 Å². The average Bonchev–Trinajstić information content (AvgIpc) is 2.61. The lowest BCUT2D eigenvalue weighted by Gasteiger charge is -2.01. The molecule has 16 heavy (non-hydrogen) atoms. The third-order valence-electron chi connectivity index (χ3n) is 1.88. The number of carbonyl (C=O) groups is 1. The largest absolute Gasteiger partial charge is 0.462 e. The molecule has 0 fully saturated rings. The number of hydrogen-bond donors (Lipinski definition) is 1. The van der Waals surface area contributed by atoms with E-state index in [2.05, 4.69) is 0 Å². The number of thiophene rings is 1. The molecule has 1 aromatic rings. The number of nitrogen functional groups attached to an aromatic ring is 1. The Morgan fingerprint density at radius 1 is 1.69 bits per heavy atom. The van der Waals surface area contributed by atoms with Gasteiger partial charge in [-0.3, -0.25) is 10.1 Å². The van der Waals surface area contributed by atoms with Gasteiger partial charge in [0.15, 0.2) is 0 Å². The Hall–Kier alpha value is -1.63. The second-order valence-electron chi connectivity index (χ2n) is 3.11. The van der Waals surface area contributed by atoms with Crippen LogP contribution in [0.2, 0.25) is 0 Å². The lowest BCUT2D eigenvalue weighted by Crippen LogP contribution is -2.07. The van der Waals surface area contributed by atoms with Gasteiger partial charge < -0.3 is 10.5 Å². The standard InChI is InChI=1S/C9H12N2O4S/c1-2-3-4-15-9(12)6-5-7(11(13)14)16-8(6)10/h5H,2-4,10H2,1H3. The van der Waals surface area contributed by atoms with Crippen molar-refractivity contribution in [3.63, 3.8) is 0 Å². The number of rotatable bonds is 5. The molecular weight excluding hydrogens is 232 g/mol. The minimum absolute atomic E-state index is 0.0767. The number of nitro groups is 1. The van der Waals surface area contributed by atoms with Crippen molar-refractivity contribution in [1.29, 1.82) is 0 Å². The van der Waals surface area contributed by atoms with Crippen molar-refractivity contribution in [2.24, 2.45) is 0 Å². The third-order valence-corrected chi connectivity index (χ3v) is 2.79. The topological polar surface area (TPSA) is 95.5 Å². The molecule has 88 valence electrons. The van der Waals surface area contributed by atoms with Crippen LogP contribution in [0.25, 0.3) is 0 Å². The predicted molar refractivity (Wildman–Crippen MR) is 60.6 cm³/mol. The average molecular weight is 244 g/mol. The summed E-state index contributed by atoms with van der Waals surface area (Å²) >= 11 is 0.768. The lowest BCUT2D eigenvalue weighted by molar-refractivity contribution is -0.380. The molecule has 0 aliphatic rings. The molecule has 0 saturated carbocycles. The quantitative estimate of drug-likeness (QED) is 0.370. The van der Waals surface area contributed by atoms with Crippen molar-refractivity contribution in [3.05, 3.63) is 21.7 Å². The van der Waals surface area contributed by atoms with E-state index in [0.29, 0.717) is 6.61 Å². The van der Waals surface area contributed by atoms with Crippen LogP contribution < -0.4 is 5.73 Å². The Morgan fingerprint density at radius 3 is 2.88 bits per heavy atom. The Bertz CT molecular complexity index is 402. The molecule has 1 heterocycles. The van der Waals surface area contributed by atoms with E-state index in [4.69, 9.17) is 10.5 Å². The fourth-order valence-electron chi connectivity index (χ4n) is 1.03. The molecule has 1 aromatic heterocycles. The third kappa shape index (κ3) is 2.93. The summed E-state index contributed by atoms with van der Waals surface area (Å²) in [4.78, 5) is 21.3. The summed E-state index contributed by atoms with van der Waals surface area (Å²) in [5.74, 6) is -0.602. The van der Waals surface area contributed by atoms with Gasteiger partial charge in [-0.1, -0.05) is 13.3 Å². The van der Waals surface area contributed by atoms with Crippen LogP contribution in [0.5, 0.6) is 0 Å². The molecular formula is C9H12N2O4S. The molecule has 0 radical (unpaired) electrons. The maximum atomic E-state index is 11.5. The van der Waals surface area contributed by atoms with E-state index < -0.39 is 10.9 Å². The highest BCUT2D eigenvalue weighted by molar-refractivity contribution is 7.19. The molecule has 6 nitrogen and oxygen atoms in total. The monoisotopic (exact) mass is 244 g/mol. The minimum atomic E-state index is -0.602. The fourth-order valence-corrected chi connectivity index (χ4v) is 1.76. The number of hydrogen-bond acceptors (Lipinski definition) is 6. The van der Waals surface area contributed by atoms with E-state index in [1.54, 1.807) is 0 Å². The number of unbranched alkanes of at least 4 members (excludes halogenated alkanes) is 1. The number of ether oxygens (including phenoxy) is 1. The number of nitrogens with zero attached hydrogens (tertiary/aromatic N) is 1. The van der Waals surface area contributed by atoms with Gasteiger partial charge >= 0.3 is 11.0 Å². The SMILES string of the molecule is CCCCOC(=O)c1cc([N+](=O)[O-])sc1N. The second kappa shape index (κ2) is 5.45. The van der Waals surface area contributed by atoms with Gasteiger partial charge in [-0.2, -0.15) is 0 Å². The van der Waals surface area contributed by atoms with E-state index in [0.717, 1.165) is 30.2 Å². The summed E-state index contributed by atoms with van der Waals surface area (Å²) < 4.78 is 4.91. The van der Waals surface area contributed by atoms with Gasteiger partial charge in [0.1, 0.15) is 10.6 Å². The van der Waals surface area contributed by atoms with E-state index in [1.165, 1.54) is 0 Å². The summed E-state index contributed by atoms with van der Waals surface area (Å²) in [5.41, 5.74) is 5.57. The van der Waals surface area contributed by atoms with Crippen LogP contribution in [0.15, 0.2) is 6.07 Å². The van der Waals surface area contributed by atoms with Crippen molar-refractivity contribution < 1.29 is 14.5 Å². The van der Waals surface area contributed by atoms with Gasteiger partial charge in [0.25, 0.3) is 0 Å². The van der Waals surface area contributed by atoms with E-state index in [-0.39, 0.29) is 15.6 Å². The molecule has 0 saturated heterocycles. The molecule has 0 spiro atoms. The van der Waals surface area contributed by atoms with Crippen LogP contribution in [0.1, 0.15) is 30.1 Å². The molecule has 0 aromatic carbocycles. The summed E-state index contributed by atoms with van der Waals surface area (Å²) in [6, 6.07) is 1.15. The van der Waals surface area contributed by atoms with Crippen molar-refractivity contribution in [1.82, 2.24) is 0 Å². The predicted octanol–water partition coefficient (Wildman–Crippen LogP) is 2.20. The van der Waals surface area contributed by atoms with Crippen molar-refractivity contribution in [3.8, 4) is 0 Å². The molecule has 2 N–H and O–H groups in total. The van der Waals surface area contributed by atoms with Crippen molar-refractivity contribution in [2.75, 3.05) is 12.3 Å². The first-order valence-electron chi connectivity index (χ1n) is 4.77. The Balaban J connectivity index is 2.71. The molecule has 0 amide bonds. The summed E-state index contributed by atoms with van der Waals surface area (Å²) in [7, 11) is 0. The number of esters is 1. The maximum absolute atomic E-state index is 11.5. The zero-order valence-corrected chi connectivity index (χ0v) is 9.58. The number of carbonyl (C=O) groups excluding carboxylic acids is 1. The van der Waals surface area contributed by atoms with Crippen molar-refractivity contribution >= 4 is 27.3 Å². The van der Waals surface area contributed by atoms with Crippen LogP contribution in [0, 0.1) is 10.1 Å². The van der Waals surface area contributed by atoms with Gasteiger partial charge in [-0.05, 0) is 17.8 Å². The second-order valence-corrected chi connectivity index (χ2v) is 4.17.